The Morgan fingerprint density at radius 3 is 2.35 bits per heavy atom. The third kappa shape index (κ3) is 2.54. The monoisotopic (exact) mass is 335 g/mol. The van der Waals surface area contributed by atoms with Gasteiger partial charge in [0.15, 0.2) is 0 Å². The summed E-state index contributed by atoms with van der Waals surface area (Å²) in [5, 5.41) is 1.80. The summed E-state index contributed by atoms with van der Waals surface area (Å²) in [5.74, 6) is 0. The summed E-state index contributed by atoms with van der Waals surface area (Å²) in [4.78, 5) is 7.19. The second kappa shape index (κ2) is 5.80. The minimum Gasteiger partial charge on any atom is -0.245 e. The summed E-state index contributed by atoms with van der Waals surface area (Å²) in [5.41, 5.74) is 4.00. The van der Waals surface area contributed by atoms with E-state index >= 15 is 0 Å². The van der Waals surface area contributed by atoms with Crippen LogP contribution in [0, 0.1) is 6.92 Å². The van der Waals surface area contributed by atoms with E-state index in [4.69, 9.17) is 16.6 Å². The minimum absolute atomic E-state index is 0.719. The Kier molecular flexibility index (Phi) is 3.64. The lowest BCUT2D eigenvalue weighted by atomic mass is 9.99. The van der Waals surface area contributed by atoms with Crippen LogP contribution in [-0.2, 0) is 0 Å². The van der Waals surface area contributed by atoms with Crippen molar-refractivity contribution in [3.05, 3.63) is 76.6 Å². The molecule has 23 heavy (non-hydrogen) atoms. The molecular formula is C20H14ClNS. The highest BCUT2D eigenvalue weighted by Gasteiger charge is 2.17. The van der Waals surface area contributed by atoms with Crippen molar-refractivity contribution in [2.24, 2.45) is 0 Å². The van der Waals surface area contributed by atoms with Crippen LogP contribution in [0.4, 0.5) is 0 Å². The number of fused-ring (bicyclic) bond motifs is 1. The first-order valence-electron chi connectivity index (χ1n) is 7.44. The van der Waals surface area contributed by atoms with Crippen LogP contribution >= 0.6 is 22.9 Å². The van der Waals surface area contributed by atoms with Gasteiger partial charge in [-0.15, -0.1) is 11.3 Å². The molecule has 0 amide bonds. The van der Waals surface area contributed by atoms with Crippen molar-refractivity contribution in [3.8, 4) is 21.7 Å². The van der Waals surface area contributed by atoms with Gasteiger partial charge in [-0.05, 0) is 30.7 Å². The van der Waals surface area contributed by atoms with Crippen LogP contribution in [0.15, 0.2) is 66.7 Å². The van der Waals surface area contributed by atoms with Gasteiger partial charge in [-0.25, -0.2) is 4.98 Å². The number of thiophene rings is 1. The summed E-state index contributed by atoms with van der Waals surface area (Å²) in [6.07, 6.45) is 0. The third-order valence-electron chi connectivity index (χ3n) is 3.87. The highest BCUT2D eigenvalue weighted by molar-refractivity contribution is 7.15. The lowest BCUT2D eigenvalue weighted by Crippen LogP contribution is -1.91. The number of nitrogens with zero attached hydrogens (tertiary/aromatic N) is 1. The van der Waals surface area contributed by atoms with Gasteiger partial charge < -0.3 is 0 Å². The van der Waals surface area contributed by atoms with E-state index in [-0.39, 0.29) is 0 Å². The molecule has 0 aliphatic rings. The van der Waals surface area contributed by atoms with Gasteiger partial charge in [0.05, 0.1) is 15.4 Å². The maximum Gasteiger partial charge on any atom is 0.100 e. The normalized spacial score (nSPS) is 11.0. The second-order valence-corrected chi connectivity index (χ2v) is 7.11. The van der Waals surface area contributed by atoms with Crippen LogP contribution in [0.2, 0.25) is 5.02 Å². The molecule has 4 rings (SSSR count). The van der Waals surface area contributed by atoms with Gasteiger partial charge in [-0.1, -0.05) is 60.1 Å². The van der Waals surface area contributed by atoms with Crippen molar-refractivity contribution >= 4 is 33.8 Å². The maximum atomic E-state index is 6.81. The molecule has 0 atom stereocenters. The number of hydrogen-bond donors (Lipinski definition) is 0. The van der Waals surface area contributed by atoms with E-state index in [0.29, 0.717) is 0 Å². The van der Waals surface area contributed by atoms with Gasteiger partial charge >= 0.3 is 0 Å². The van der Waals surface area contributed by atoms with Crippen LogP contribution in [0.3, 0.4) is 0 Å². The number of hydrogen-bond acceptors (Lipinski definition) is 2. The molecule has 4 aromatic rings. The first-order chi connectivity index (χ1) is 11.2. The highest BCUT2D eigenvalue weighted by atomic mass is 35.5. The average Bonchev–Trinajstić information content (AvgIpc) is 3.01. The Hall–Kier alpha value is -2.16. The topological polar surface area (TPSA) is 12.9 Å². The van der Waals surface area contributed by atoms with Crippen molar-refractivity contribution in [3.63, 3.8) is 0 Å². The molecular weight excluding hydrogens is 322 g/mol. The van der Waals surface area contributed by atoms with E-state index in [1.807, 2.05) is 36.4 Å². The molecule has 0 aliphatic carbocycles. The number of aryl methyl sites for hydroxylation is 1. The molecule has 0 unspecified atom stereocenters. The molecule has 3 heteroatoms. The summed E-state index contributed by atoms with van der Waals surface area (Å²) in [6.45, 7) is 2.10. The summed E-state index contributed by atoms with van der Waals surface area (Å²) in [7, 11) is 0. The third-order valence-corrected chi connectivity index (χ3v) is 5.24. The SMILES string of the molecule is Cc1ccc(-c2nc3ccccc3c(-c3ccccc3)c2Cl)s1. The number of para-hydroxylation sites is 1. The Labute approximate surface area is 144 Å². The number of benzene rings is 2. The Morgan fingerprint density at radius 2 is 1.61 bits per heavy atom. The van der Waals surface area contributed by atoms with Crippen molar-refractivity contribution < 1.29 is 0 Å². The predicted octanol–water partition coefficient (Wildman–Crippen LogP) is 6.59. The van der Waals surface area contributed by atoms with Crippen LogP contribution in [-0.4, -0.2) is 4.98 Å². The molecule has 112 valence electrons. The number of halogens is 1. The Bertz CT molecular complexity index is 989. The largest absolute Gasteiger partial charge is 0.245 e. The molecule has 0 spiro atoms. The number of rotatable bonds is 2. The molecule has 1 nitrogen and oxygen atoms in total. The van der Waals surface area contributed by atoms with E-state index in [1.54, 1.807) is 11.3 Å². The van der Waals surface area contributed by atoms with Gasteiger partial charge in [-0.2, -0.15) is 0 Å². The fourth-order valence-corrected chi connectivity index (χ4v) is 4.08. The molecule has 0 bridgehead atoms. The predicted molar refractivity (Wildman–Crippen MR) is 100 cm³/mol. The minimum atomic E-state index is 0.719. The highest BCUT2D eigenvalue weighted by Crippen LogP contribution is 2.41. The molecule has 0 saturated carbocycles. The van der Waals surface area contributed by atoms with Gasteiger partial charge in [0.1, 0.15) is 5.69 Å². The molecule has 0 N–H and O–H groups in total. The van der Waals surface area contributed by atoms with Crippen LogP contribution in [0.25, 0.3) is 32.6 Å². The number of pyridine rings is 1. The smallest absolute Gasteiger partial charge is 0.100 e. The molecule has 0 fully saturated rings. The van der Waals surface area contributed by atoms with Crippen LogP contribution in [0.5, 0.6) is 0 Å². The summed E-state index contributed by atoms with van der Waals surface area (Å²) in [6, 6.07) is 22.7. The zero-order valence-corrected chi connectivity index (χ0v) is 14.2. The molecule has 0 aliphatic heterocycles. The summed E-state index contributed by atoms with van der Waals surface area (Å²) < 4.78 is 0. The van der Waals surface area contributed by atoms with Gasteiger partial charge in [0.25, 0.3) is 0 Å². The van der Waals surface area contributed by atoms with E-state index in [9.17, 15) is 0 Å². The van der Waals surface area contributed by atoms with E-state index < -0.39 is 0 Å². The fourth-order valence-electron chi connectivity index (χ4n) is 2.80. The first kappa shape index (κ1) is 14.4. The second-order valence-electron chi connectivity index (χ2n) is 5.44. The van der Waals surface area contributed by atoms with Crippen molar-refractivity contribution in [2.45, 2.75) is 6.92 Å². The lowest BCUT2D eigenvalue weighted by Gasteiger charge is -2.12. The lowest BCUT2D eigenvalue weighted by molar-refractivity contribution is 1.42. The fraction of sp³-hybridized carbons (Fsp3) is 0.0500. The van der Waals surface area contributed by atoms with Crippen molar-refractivity contribution in [1.82, 2.24) is 4.98 Å². The Balaban J connectivity index is 2.09. The standard InChI is InChI=1S/C20H14ClNS/c1-13-11-12-17(23-13)20-19(21)18(14-7-3-2-4-8-14)15-9-5-6-10-16(15)22-20/h2-12H,1H3. The summed E-state index contributed by atoms with van der Waals surface area (Å²) >= 11 is 8.53. The van der Waals surface area contributed by atoms with Gasteiger partial charge in [0, 0.05) is 15.8 Å². The van der Waals surface area contributed by atoms with Gasteiger partial charge in [0.2, 0.25) is 0 Å². The average molecular weight is 336 g/mol. The maximum absolute atomic E-state index is 6.81. The number of aromatic nitrogens is 1. The van der Waals surface area contributed by atoms with Crippen LogP contribution in [0.1, 0.15) is 4.88 Å². The molecule has 2 heterocycles. The molecule has 2 aromatic heterocycles. The molecule has 0 saturated heterocycles. The molecule has 0 radical (unpaired) electrons. The zero-order valence-electron chi connectivity index (χ0n) is 12.6. The van der Waals surface area contributed by atoms with Gasteiger partial charge in [-0.3, -0.25) is 0 Å². The first-order valence-corrected chi connectivity index (χ1v) is 8.64. The molecule has 2 aromatic carbocycles. The quantitative estimate of drug-likeness (QED) is 0.402. The van der Waals surface area contributed by atoms with E-state index in [0.717, 1.165) is 37.6 Å². The van der Waals surface area contributed by atoms with E-state index in [1.165, 1.54) is 4.88 Å². The van der Waals surface area contributed by atoms with E-state index in [2.05, 4.69) is 37.3 Å². The van der Waals surface area contributed by atoms with Crippen molar-refractivity contribution in [1.29, 1.82) is 0 Å². The zero-order chi connectivity index (χ0) is 15.8. The Morgan fingerprint density at radius 1 is 0.870 bits per heavy atom. The van der Waals surface area contributed by atoms with Crippen molar-refractivity contribution in [2.75, 3.05) is 0 Å². The van der Waals surface area contributed by atoms with Crippen LogP contribution < -0.4 is 0 Å².